The largest absolute Gasteiger partial charge is 0.494 e. The van der Waals surface area contributed by atoms with E-state index in [1.54, 1.807) is 36.4 Å². The smallest absolute Gasteiger partial charge is 0.171 e. The lowest BCUT2D eigenvalue weighted by Crippen LogP contribution is -2.04. The van der Waals surface area contributed by atoms with Crippen molar-refractivity contribution in [3.8, 4) is 11.5 Å². The van der Waals surface area contributed by atoms with Gasteiger partial charge in [-0.05, 0) is 29.3 Å². The first-order valence-electron chi connectivity index (χ1n) is 7.96. The molecule has 0 aliphatic heterocycles. The summed E-state index contributed by atoms with van der Waals surface area (Å²) in [4.78, 5) is 0. The maximum atomic E-state index is 14.3. The van der Waals surface area contributed by atoms with E-state index in [0.29, 0.717) is 17.9 Å². The first-order valence-corrected chi connectivity index (χ1v) is 7.96. The molecule has 1 atom stereocenters. The summed E-state index contributed by atoms with van der Waals surface area (Å²) in [5.41, 5.74) is 1.83. The van der Waals surface area contributed by atoms with Crippen molar-refractivity contribution in [2.45, 2.75) is 12.7 Å². The zero-order valence-corrected chi connectivity index (χ0v) is 13.9. The van der Waals surface area contributed by atoms with Crippen LogP contribution in [0.1, 0.15) is 22.8 Å². The summed E-state index contributed by atoms with van der Waals surface area (Å²) < 4.78 is 25.0. The van der Waals surface area contributed by atoms with Crippen molar-refractivity contribution in [2.75, 3.05) is 7.11 Å². The molecule has 0 aliphatic carbocycles. The molecule has 128 valence electrons. The molecule has 1 unspecified atom stereocenters. The normalized spacial score (nSPS) is 11.8. The first kappa shape index (κ1) is 17.0. The van der Waals surface area contributed by atoms with E-state index >= 15 is 0 Å². The van der Waals surface area contributed by atoms with E-state index in [2.05, 4.69) is 0 Å². The van der Waals surface area contributed by atoms with Gasteiger partial charge in [0.05, 0.1) is 7.11 Å². The van der Waals surface area contributed by atoms with Crippen molar-refractivity contribution in [1.29, 1.82) is 0 Å². The molecule has 0 bridgehead atoms. The molecule has 3 nitrogen and oxygen atoms in total. The third-order valence-corrected chi connectivity index (χ3v) is 3.95. The predicted octanol–water partition coefficient (Wildman–Crippen LogP) is 4.50. The van der Waals surface area contributed by atoms with Gasteiger partial charge in [-0.1, -0.05) is 54.6 Å². The van der Waals surface area contributed by atoms with Crippen LogP contribution in [0, 0.1) is 5.82 Å². The molecule has 25 heavy (non-hydrogen) atoms. The van der Waals surface area contributed by atoms with Crippen LogP contribution in [0.2, 0.25) is 0 Å². The molecule has 0 aliphatic rings. The van der Waals surface area contributed by atoms with Gasteiger partial charge in [0.15, 0.2) is 11.6 Å². The second-order valence-electron chi connectivity index (χ2n) is 5.61. The summed E-state index contributed by atoms with van der Waals surface area (Å²) in [5, 5.41) is 10.5. The molecule has 4 heteroatoms. The minimum absolute atomic E-state index is 0.111. The SMILES string of the molecule is COc1cccc(C(O)c2ccc(OCc3ccccc3)cc2)c1F. The standard InChI is InChI=1S/C21H19FO3/c1-24-19-9-5-8-18(20(19)22)21(23)16-10-12-17(13-11-16)25-14-15-6-3-2-4-7-15/h2-13,21,23H,14H2,1H3. The van der Waals surface area contributed by atoms with Crippen LogP contribution in [-0.2, 0) is 6.61 Å². The van der Waals surface area contributed by atoms with Crippen LogP contribution in [-0.4, -0.2) is 12.2 Å². The number of rotatable bonds is 6. The van der Waals surface area contributed by atoms with Gasteiger partial charge in [0, 0.05) is 5.56 Å². The molecular formula is C21H19FO3. The number of aliphatic hydroxyl groups excluding tert-OH is 1. The molecule has 0 saturated carbocycles. The molecule has 0 radical (unpaired) electrons. The number of benzene rings is 3. The fourth-order valence-electron chi connectivity index (χ4n) is 2.56. The summed E-state index contributed by atoms with van der Waals surface area (Å²) in [6.07, 6.45) is -1.07. The van der Waals surface area contributed by atoms with Crippen LogP contribution in [0.25, 0.3) is 0 Å². The second-order valence-corrected chi connectivity index (χ2v) is 5.61. The third-order valence-electron chi connectivity index (χ3n) is 3.95. The van der Waals surface area contributed by atoms with E-state index in [9.17, 15) is 9.50 Å². The molecule has 0 heterocycles. The quantitative estimate of drug-likeness (QED) is 0.719. The zero-order valence-electron chi connectivity index (χ0n) is 13.9. The minimum atomic E-state index is -1.07. The monoisotopic (exact) mass is 338 g/mol. The van der Waals surface area contributed by atoms with Crippen molar-refractivity contribution in [3.05, 3.63) is 95.3 Å². The lowest BCUT2D eigenvalue weighted by Gasteiger charge is -2.15. The van der Waals surface area contributed by atoms with Crippen LogP contribution >= 0.6 is 0 Å². The number of halogens is 1. The van der Waals surface area contributed by atoms with Gasteiger partial charge in [0.25, 0.3) is 0 Å². The van der Waals surface area contributed by atoms with E-state index in [4.69, 9.17) is 9.47 Å². The van der Waals surface area contributed by atoms with Gasteiger partial charge >= 0.3 is 0 Å². The Balaban J connectivity index is 1.71. The third kappa shape index (κ3) is 3.98. The molecule has 0 fully saturated rings. The molecule has 0 amide bonds. The second kappa shape index (κ2) is 7.81. The Hall–Kier alpha value is -2.85. The molecule has 0 aromatic heterocycles. The average molecular weight is 338 g/mol. The van der Waals surface area contributed by atoms with Gasteiger partial charge in [-0.2, -0.15) is 0 Å². The van der Waals surface area contributed by atoms with Gasteiger partial charge in [-0.25, -0.2) is 4.39 Å². The summed E-state index contributed by atoms with van der Waals surface area (Å²) in [7, 11) is 1.40. The highest BCUT2D eigenvalue weighted by atomic mass is 19.1. The fraction of sp³-hybridized carbons (Fsp3) is 0.143. The molecule has 0 saturated heterocycles. The van der Waals surface area contributed by atoms with Crippen molar-refractivity contribution in [1.82, 2.24) is 0 Å². The van der Waals surface area contributed by atoms with Gasteiger partial charge in [0.2, 0.25) is 0 Å². The van der Waals surface area contributed by atoms with Gasteiger partial charge in [-0.15, -0.1) is 0 Å². The highest BCUT2D eigenvalue weighted by Crippen LogP contribution is 2.30. The topological polar surface area (TPSA) is 38.7 Å². The Labute approximate surface area is 146 Å². The number of methoxy groups -OCH3 is 1. The minimum Gasteiger partial charge on any atom is -0.494 e. The number of hydrogen-bond acceptors (Lipinski definition) is 3. The van der Waals surface area contributed by atoms with E-state index in [1.807, 2.05) is 30.3 Å². The van der Waals surface area contributed by atoms with Crippen LogP contribution in [0.5, 0.6) is 11.5 Å². The molecule has 1 N–H and O–H groups in total. The lowest BCUT2D eigenvalue weighted by atomic mass is 10.0. The summed E-state index contributed by atoms with van der Waals surface area (Å²) in [6.45, 7) is 0.466. The Morgan fingerprint density at radius 3 is 2.32 bits per heavy atom. The average Bonchev–Trinajstić information content (AvgIpc) is 2.67. The molecular weight excluding hydrogens is 319 g/mol. The Morgan fingerprint density at radius 2 is 1.64 bits per heavy atom. The lowest BCUT2D eigenvalue weighted by molar-refractivity contribution is 0.213. The highest BCUT2D eigenvalue weighted by Gasteiger charge is 2.17. The summed E-state index contributed by atoms with van der Waals surface area (Å²) >= 11 is 0. The first-order chi connectivity index (χ1) is 12.2. The molecule has 3 aromatic rings. The van der Waals surface area contributed by atoms with E-state index in [0.717, 1.165) is 5.56 Å². The van der Waals surface area contributed by atoms with Crippen molar-refractivity contribution >= 4 is 0 Å². The van der Waals surface area contributed by atoms with Gasteiger partial charge < -0.3 is 14.6 Å². The van der Waals surface area contributed by atoms with Crippen LogP contribution in [0.15, 0.2) is 72.8 Å². The van der Waals surface area contributed by atoms with E-state index in [-0.39, 0.29) is 11.3 Å². The number of ether oxygens (including phenoxy) is 2. The maximum absolute atomic E-state index is 14.3. The molecule has 3 rings (SSSR count). The summed E-state index contributed by atoms with van der Waals surface area (Å²) in [6, 6.07) is 21.5. The Kier molecular flexibility index (Phi) is 5.31. The number of hydrogen-bond donors (Lipinski definition) is 1. The maximum Gasteiger partial charge on any atom is 0.171 e. The molecule has 3 aromatic carbocycles. The molecule has 0 spiro atoms. The van der Waals surface area contributed by atoms with E-state index in [1.165, 1.54) is 13.2 Å². The summed E-state index contributed by atoms with van der Waals surface area (Å²) in [5.74, 6) is 0.243. The fourth-order valence-corrected chi connectivity index (χ4v) is 2.56. The Bertz CT molecular complexity index is 816. The van der Waals surface area contributed by atoms with Crippen LogP contribution in [0.3, 0.4) is 0 Å². The van der Waals surface area contributed by atoms with Crippen molar-refractivity contribution in [3.63, 3.8) is 0 Å². The number of aliphatic hydroxyl groups is 1. The zero-order chi connectivity index (χ0) is 17.6. The van der Waals surface area contributed by atoms with Crippen LogP contribution in [0.4, 0.5) is 4.39 Å². The van der Waals surface area contributed by atoms with Gasteiger partial charge in [-0.3, -0.25) is 0 Å². The van der Waals surface area contributed by atoms with Crippen LogP contribution < -0.4 is 9.47 Å². The highest BCUT2D eigenvalue weighted by molar-refractivity contribution is 5.38. The predicted molar refractivity (Wildman–Crippen MR) is 94.2 cm³/mol. The Morgan fingerprint density at radius 1 is 0.920 bits per heavy atom. The van der Waals surface area contributed by atoms with E-state index < -0.39 is 11.9 Å². The van der Waals surface area contributed by atoms with Gasteiger partial charge in [0.1, 0.15) is 18.5 Å². The van der Waals surface area contributed by atoms with Crippen molar-refractivity contribution in [2.24, 2.45) is 0 Å². The van der Waals surface area contributed by atoms with Crippen molar-refractivity contribution < 1.29 is 19.0 Å².